The Balaban J connectivity index is 0.000000313. The molecule has 0 aliphatic heterocycles. The largest absolute Gasteiger partial charge is 0.488 e. The number of amides is 1. The molecule has 2 heterocycles. The van der Waals surface area contributed by atoms with Crippen molar-refractivity contribution >= 4 is 60.6 Å². The lowest BCUT2D eigenvalue weighted by Crippen LogP contribution is -2.18. The molecular weight excluding hydrogens is 813 g/mol. The third-order valence-corrected chi connectivity index (χ3v) is 9.97. The highest BCUT2D eigenvalue weighted by atomic mass is 32.2. The van der Waals surface area contributed by atoms with E-state index in [4.69, 9.17) is 34.5 Å². The molecule has 302 valence electrons. The van der Waals surface area contributed by atoms with Gasteiger partial charge in [0.15, 0.2) is 20.1 Å². The number of nitrogens with zero attached hydrogens (tertiary/aromatic N) is 2. The predicted octanol–water partition coefficient (Wildman–Crippen LogP) is 7.80. The van der Waals surface area contributed by atoms with Crippen molar-refractivity contribution < 1.29 is 56.3 Å². The number of hydrogen-bond donors (Lipinski definition) is 3. The van der Waals surface area contributed by atoms with Crippen molar-refractivity contribution in [3.8, 4) is 38.9 Å². The van der Waals surface area contributed by atoms with Crippen LogP contribution in [-0.2, 0) is 19.3 Å². The summed E-state index contributed by atoms with van der Waals surface area (Å²) in [6.45, 7) is 2.13. The molecule has 1 atom stereocenters. The highest BCUT2D eigenvalue weighted by Crippen LogP contribution is 2.33. The van der Waals surface area contributed by atoms with Crippen molar-refractivity contribution in [3.63, 3.8) is 0 Å². The summed E-state index contributed by atoms with van der Waals surface area (Å²) >= 11 is 2.29. The molecule has 0 bridgehead atoms. The fourth-order valence-corrected chi connectivity index (χ4v) is 6.67. The van der Waals surface area contributed by atoms with Gasteiger partial charge in [-0.15, -0.1) is 0 Å². The first-order valence-corrected chi connectivity index (χ1v) is 20.4. The van der Waals surface area contributed by atoms with E-state index in [1.807, 2.05) is 6.92 Å². The predicted molar refractivity (Wildman–Crippen MR) is 216 cm³/mol. The van der Waals surface area contributed by atoms with Crippen molar-refractivity contribution in [1.82, 2.24) is 9.97 Å². The van der Waals surface area contributed by atoms with Crippen molar-refractivity contribution in [3.05, 3.63) is 120 Å². The lowest BCUT2D eigenvalue weighted by Gasteiger charge is -2.16. The maximum absolute atomic E-state index is 13.2. The molecule has 0 aliphatic carbocycles. The summed E-state index contributed by atoms with van der Waals surface area (Å²) < 4.78 is 56.3. The van der Waals surface area contributed by atoms with Gasteiger partial charge < -0.3 is 39.3 Å². The molecule has 0 saturated carbocycles. The Bertz CT molecular complexity index is 2490. The first-order chi connectivity index (χ1) is 27.7. The maximum atomic E-state index is 13.2. The number of nitrogens with two attached hydrogens (primary N) is 1. The van der Waals surface area contributed by atoms with Gasteiger partial charge in [-0.3, -0.25) is 10.1 Å². The summed E-state index contributed by atoms with van der Waals surface area (Å²) in [5.41, 5.74) is 6.20. The van der Waals surface area contributed by atoms with Crippen LogP contribution in [-0.4, -0.2) is 74.5 Å². The van der Waals surface area contributed by atoms with E-state index in [0.717, 1.165) is 17.6 Å². The summed E-state index contributed by atoms with van der Waals surface area (Å²) in [6, 6.07) is 23.3. The SMILES string of the molecule is COC(=O)c1cccc(Oc2cnc(N)s2)c1.COC[C@H](C)Oc1cc(Oc2ccc(S(C)(=O)=O)cc2)cc(C(=O)Nc2ncc(Oc3cccc(C(=O)O)c3)s2)c1. The number of ether oxygens (including phenoxy) is 6. The van der Waals surface area contributed by atoms with E-state index in [2.05, 4.69) is 20.0 Å². The van der Waals surface area contributed by atoms with Crippen LogP contribution in [0.25, 0.3) is 0 Å². The van der Waals surface area contributed by atoms with E-state index in [0.29, 0.717) is 50.4 Å². The smallest absolute Gasteiger partial charge is 0.337 e. The maximum Gasteiger partial charge on any atom is 0.337 e. The number of nitrogen functional groups attached to an aromatic ring is 1. The third-order valence-electron chi connectivity index (χ3n) is 7.35. The highest BCUT2D eigenvalue weighted by molar-refractivity contribution is 7.90. The number of rotatable bonds is 15. The minimum absolute atomic E-state index is 0.0758. The number of methoxy groups -OCH3 is 2. The topological polar surface area (TPSA) is 225 Å². The highest BCUT2D eigenvalue weighted by Gasteiger charge is 2.16. The minimum Gasteiger partial charge on any atom is -0.488 e. The lowest BCUT2D eigenvalue weighted by molar-refractivity contribution is 0.0599. The average Bonchev–Trinajstić information content (AvgIpc) is 3.81. The van der Waals surface area contributed by atoms with Gasteiger partial charge in [0.05, 0.1) is 42.1 Å². The summed E-state index contributed by atoms with van der Waals surface area (Å²) in [5, 5.41) is 13.5. The summed E-state index contributed by atoms with van der Waals surface area (Å²) in [7, 11) is -0.483. The van der Waals surface area contributed by atoms with Gasteiger partial charge in [0.25, 0.3) is 5.91 Å². The number of thiazole rings is 2. The first-order valence-electron chi connectivity index (χ1n) is 16.8. The van der Waals surface area contributed by atoms with Crippen molar-refractivity contribution in [2.45, 2.75) is 17.9 Å². The number of carboxylic acid groups (broad SMARTS) is 1. The Morgan fingerprint density at radius 3 is 1.97 bits per heavy atom. The van der Waals surface area contributed by atoms with Gasteiger partial charge in [-0.1, -0.05) is 34.8 Å². The van der Waals surface area contributed by atoms with Crippen LogP contribution in [0.5, 0.6) is 38.9 Å². The zero-order chi connectivity index (χ0) is 41.8. The van der Waals surface area contributed by atoms with Crippen LogP contribution >= 0.6 is 22.7 Å². The molecule has 2 aromatic heterocycles. The van der Waals surface area contributed by atoms with Crippen LogP contribution in [0.1, 0.15) is 38.0 Å². The van der Waals surface area contributed by atoms with E-state index in [9.17, 15) is 22.8 Å². The van der Waals surface area contributed by atoms with Crippen LogP contribution in [0, 0.1) is 0 Å². The number of esters is 1. The number of nitrogens with one attached hydrogen (secondary N) is 1. The molecule has 0 radical (unpaired) electrons. The monoisotopic (exact) mass is 848 g/mol. The van der Waals surface area contributed by atoms with E-state index in [1.54, 1.807) is 55.6 Å². The average molecular weight is 849 g/mol. The van der Waals surface area contributed by atoms with Gasteiger partial charge in [0.1, 0.15) is 34.9 Å². The van der Waals surface area contributed by atoms with E-state index >= 15 is 0 Å². The number of carboxylic acids is 1. The number of anilines is 2. The lowest BCUT2D eigenvalue weighted by atomic mass is 10.2. The molecule has 0 unspecified atom stereocenters. The van der Waals surface area contributed by atoms with Crippen LogP contribution in [0.3, 0.4) is 0 Å². The molecule has 6 rings (SSSR count). The quantitative estimate of drug-likeness (QED) is 0.0838. The Kier molecular flexibility index (Phi) is 14.4. The molecule has 1 amide bonds. The number of carbonyl (C=O) groups excluding carboxylic acids is 2. The molecule has 0 fully saturated rings. The molecule has 19 heteroatoms. The summed E-state index contributed by atoms with van der Waals surface area (Å²) in [5.74, 6) is -0.133. The normalized spacial score (nSPS) is 11.3. The molecule has 4 N–H and O–H groups in total. The molecular formula is C39H36N4O12S3. The molecule has 6 aromatic rings. The Labute approximate surface area is 340 Å². The van der Waals surface area contributed by atoms with Crippen LogP contribution < -0.4 is 30.0 Å². The van der Waals surface area contributed by atoms with E-state index in [1.165, 1.54) is 73.3 Å². The van der Waals surface area contributed by atoms with E-state index in [-0.39, 0.29) is 33.0 Å². The van der Waals surface area contributed by atoms with Crippen molar-refractivity contribution in [2.24, 2.45) is 0 Å². The molecule has 0 saturated heterocycles. The number of aromatic nitrogens is 2. The number of carbonyl (C=O) groups is 3. The molecule has 0 spiro atoms. The van der Waals surface area contributed by atoms with Gasteiger partial charge >= 0.3 is 11.9 Å². The van der Waals surface area contributed by atoms with Crippen LogP contribution in [0.15, 0.2) is 108 Å². The van der Waals surface area contributed by atoms with Crippen LogP contribution in [0.2, 0.25) is 0 Å². The van der Waals surface area contributed by atoms with E-state index < -0.39 is 27.7 Å². The number of benzene rings is 4. The van der Waals surface area contributed by atoms with Gasteiger partial charge in [-0.2, -0.15) is 0 Å². The number of aromatic carboxylic acids is 1. The zero-order valence-electron chi connectivity index (χ0n) is 31.2. The first kappa shape index (κ1) is 42.6. The van der Waals surface area contributed by atoms with Crippen molar-refractivity contribution in [1.29, 1.82) is 0 Å². The second-order valence-electron chi connectivity index (χ2n) is 11.9. The van der Waals surface area contributed by atoms with Crippen molar-refractivity contribution in [2.75, 3.05) is 38.1 Å². The molecule has 58 heavy (non-hydrogen) atoms. The summed E-state index contributed by atoms with van der Waals surface area (Å²) in [4.78, 5) is 43.9. The second-order valence-corrected chi connectivity index (χ2v) is 16.0. The minimum atomic E-state index is -3.37. The second kappa shape index (κ2) is 19.6. The fourth-order valence-electron chi connectivity index (χ4n) is 4.80. The number of hydrogen-bond acceptors (Lipinski definition) is 16. The van der Waals surface area contributed by atoms with Gasteiger partial charge in [-0.05, 0) is 79.7 Å². The zero-order valence-corrected chi connectivity index (χ0v) is 33.7. The summed E-state index contributed by atoms with van der Waals surface area (Å²) in [6.07, 6.45) is 3.74. The molecule has 4 aromatic carbocycles. The fraction of sp³-hybridized carbons (Fsp3) is 0.154. The van der Waals surface area contributed by atoms with Gasteiger partial charge in [0.2, 0.25) is 10.1 Å². The Morgan fingerprint density at radius 2 is 1.36 bits per heavy atom. The number of sulfone groups is 1. The Morgan fingerprint density at radius 1 is 0.759 bits per heavy atom. The van der Waals surface area contributed by atoms with Gasteiger partial charge in [0, 0.05) is 25.0 Å². The standard InChI is InChI=1S/C28H26N2O9S2.C11H10N2O3S/c1-17(16-36-2)37-22-12-19(13-23(14-22)38-20-7-9-24(10-8-20)41(3,34)35)26(31)30-28-29-15-25(40-28)39-21-6-4-5-18(11-21)27(32)33;1-15-10(14)7-3-2-4-8(5-7)16-9-6-13-11(12)17-9/h4-15,17H,16H2,1-3H3,(H,32,33)(H,29,30,31);2-6H,1H3,(H2,12,13)/t17-;/m0./s1. The van der Waals surface area contributed by atoms with Crippen LogP contribution in [0.4, 0.5) is 10.3 Å². The Hall–Kier alpha value is -6.54. The molecule has 0 aliphatic rings. The third kappa shape index (κ3) is 12.5. The van der Waals surface area contributed by atoms with Gasteiger partial charge in [-0.25, -0.2) is 28.0 Å². The molecule has 16 nitrogen and oxygen atoms in total.